The molecule has 2 aliphatic rings. The SMILES string of the molecule is O=C(CCN1CCc2ccccc2C1)c1ccc2c(c1)OCCO2.[Cl-]. The molecule has 25 heavy (non-hydrogen) atoms. The number of ether oxygens (including phenoxy) is 2. The van der Waals surface area contributed by atoms with E-state index in [1.165, 1.54) is 11.1 Å². The van der Waals surface area contributed by atoms with E-state index in [0.29, 0.717) is 30.9 Å². The minimum atomic E-state index is 0. The van der Waals surface area contributed by atoms with Crippen LogP contribution in [-0.4, -0.2) is 37.0 Å². The molecule has 2 heterocycles. The number of halogens is 1. The zero-order chi connectivity index (χ0) is 16.4. The molecule has 0 atom stereocenters. The third-order valence-electron chi connectivity index (χ3n) is 4.73. The summed E-state index contributed by atoms with van der Waals surface area (Å²) in [6.07, 6.45) is 1.59. The molecule has 0 saturated heterocycles. The van der Waals surface area contributed by atoms with Gasteiger partial charge >= 0.3 is 0 Å². The number of Topliss-reactive ketones (excluding diaryl/α,β-unsaturated/α-hetero) is 1. The Labute approximate surface area is 154 Å². The lowest BCUT2D eigenvalue weighted by Crippen LogP contribution is -3.00. The first-order chi connectivity index (χ1) is 11.8. The van der Waals surface area contributed by atoms with Gasteiger partial charge in [-0.15, -0.1) is 0 Å². The van der Waals surface area contributed by atoms with Crippen molar-refractivity contribution in [2.45, 2.75) is 19.4 Å². The summed E-state index contributed by atoms with van der Waals surface area (Å²) in [6.45, 7) is 3.85. The van der Waals surface area contributed by atoms with Crippen LogP contribution in [0.3, 0.4) is 0 Å². The smallest absolute Gasteiger partial charge is 0.164 e. The van der Waals surface area contributed by atoms with E-state index in [9.17, 15) is 4.79 Å². The second kappa shape index (κ2) is 7.89. The highest BCUT2D eigenvalue weighted by molar-refractivity contribution is 5.96. The Balaban J connectivity index is 0.00000182. The summed E-state index contributed by atoms with van der Waals surface area (Å²) in [4.78, 5) is 14.9. The fraction of sp³-hybridized carbons (Fsp3) is 0.350. The molecule has 5 heteroatoms. The van der Waals surface area contributed by atoms with Crippen LogP contribution in [0.2, 0.25) is 0 Å². The quantitative estimate of drug-likeness (QED) is 0.726. The molecule has 0 fully saturated rings. The third kappa shape index (κ3) is 3.97. The molecule has 132 valence electrons. The van der Waals surface area contributed by atoms with Crippen LogP contribution in [-0.2, 0) is 13.0 Å². The standard InChI is InChI=1S/C20H21NO3.ClH/c22-18(16-5-6-19-20(13-16)24-12-11-23-19)8-10-21-9-7-15-3-1-2-4-17(15)14-21;/h1-6,13H,7-12,14H2;1H/p-1. The Morgan fingerprint density at radius 1 is 1.00 bits per heavy atom. The number of hydrogen-bond donors (Lipinski definition) is 0. The van der Waals surface area contributed by atoms with E-state index in [4.69, 9.17) is 9.47 Å². The van der Waals surface area contributed by atoms with Gasteiger partial charge < -0.3 is 21.9 Å². The van der Waals surface area contributed by atoms with E-state index in [0.717, 1.165) is 31.8 Å². The molecule has 0 unspecified atom stereocenters. The van der Waals surface area contributed by atoms with E-state index in [-0.39, 0.29) is 18.2 Å². The number of carbonyl (C=O) groups excluding carboxylic acids is 1. The van der Waals surface area contributed by atoms with Gasteiger partial charge in [0.25, 0.3) is 0 Å². The highest BCUT2D eigenvalue weighted by Gasteiger charge is 2.18. The minimum Gasteiger partial charge on any atom is -1.00 e. The largest absolute Gasteiger partial charge is 1.00 e. The van der Waals surface area contributed by atoms with Crippen molar-refractivity contribution in [1.82, 2.24) is 4.90 Å². The lowest BCUT2D eigenvalue weighted by atomic mass is 9.99. The van der Waals surface area contributed by atoms with E-state index in [1.807, 2.05) is 18.2 Å². The lowest BCUT2D eigenvalue weighted by Gasteiger charge is -2.28. The van der Waals surface area contributed by atoms with Crippen molar-refractivity contribution in [1.29, 1.82) is 0 Å². The monoisotopic (exact) mass is 358 g/mol. The molecule has 0 N–H and O–H groups in total. The van der Waals surface area contributed by atoms with Gasteiger partial charge in [0, 0.05) is 31.6 Å². The Morgan fingerprint density at radius 2 is 1.76 bits per heavy atom. The van der Waals surface area contributed by atoms with Gasteiger partial charge in [0.15, 0.2) is 17.3 Å². The maximum absolute atomic E-state index is 12.5. The Kier molecular flexibility index (Phi) is 5.61. The van der Waals surface area contributed by atoms with Gasteiger partial charge in [-0.1, -0.05) is 24.3 Å². The Bertz CT molecular complexity index is 762. The third-order valence-corrected chi connectivity index (χ3v) is 4.73. The maximum atomic E-state index is 12.5. The molecule has 0 saturated carbocycles. The van der Waals surface area contributed by atoms with Crippen molar-refractivity contribution >= 4 is 5.78 Å². The van der Waals surface area contributed by atoms with Crippen molar-refractivity contribution in [2.75, 3.05) is 26.3 Å². The molecule has 0 aromatic heterocycles. The average molecular weight is 359 g/mol. The summed E-state index contributed by atoms with van der Waals surface area (Å²) in [6, 6.07) is 14.0. The average Bonchev–Trinajstić information content (AvgIpc) is 2.65. The summed E-state index contributed by atoms with van der Waals surface area (Å²) < 4.78 is 11.1. The fourth-order valence-electron chi connectivity index (χ4n) is 3.37. The molecule has 0 aliphatic carbocycles. The predicted octanol–water partition coefficient (Wildman–Crippen LogP) is 0.0929. The number of benzene rings is 2. The Hall–Kier alpha value is -2.04. The van der Waals surface area contributed by atoms with Gasteiger partial charge in [-0.3, -0.25) is 9.69 Å². The van der Waals surface area contributed by atoms with Crippen molar-refractivity contribution in [3.05, 3.63) is 59.2 Å². The predicted molar refractivity (Wildman–Crippen MR) is 91.8 cm³/mol. The second-order valence-corrected chi connectivity index (χ2v) is 6.33. The summed E-state index contributed by atoms with van der Waals surface area (Å²) in [5.41, 5.74) is 3.53. The molecule has 0 bridgehead atoms. The van der Waals surface area contributed by atoms with Crippen LogP contribution >= 0.6 is 0 Å². The summed E-state index contributed by atoms with van der Waals surface area (Å²) >= 11 is 0. The molecule has 2 aliphatic heterocycles. The number of hydrogen-bond acceptors (Lipinski definition) is 4. The fourth-order valence-corrected chi connectivity index (χ4v) is 3.37. The minimum absolute atomic E-state index is 0. The van der Waals surface area contributed by atoms with Gasteiger partial charge in [-0.05, 0) is 35.7 Å². The van der Waals surface area contributed by atoms with Gasteiger partial charge in [0.05, 0.1) is 0 Å². The van der Waals surface area contributed by atoms with Gasteiger partial charge in [0.2, 0.25) is 0 Å². The van der Waals surface area contributed by atoms with Crippen LogP contribution in [0.25, 0.3) is 0 Å². The van der Waals surface area contributed by atoms with E-state index in [1.54, 1.807) is 0 Å². The lowest BCUT2D eigenvalue weighted by molar-refractivity contribution is -0.0000134. The molecular formula is C20H21ClNO3-. The van der Waals surface area contributed by atoms with Crippen molar-refractivity contribution in [3.63, 3.8) is 0 Å². The van der Waals surface area contributed by atoms with Crippen molar-refractivity contribution in [2.24, 2.45) is 0 Å². The van der Waals surface area contributed by atoms with Gasteiger partial charge in [-0.2, -0.15) is 0 Å². The first-order valence-corrected chi connectivity index (χ1v) is 8.51. The second-order valence-electron chi connectivity index (χ2n) is 6.33. The number of ketones is 1. The number of carbonyl (C=O) groups is 1. The summed E-state index contributed by atoms with van der Waals surface area (Å²) in [7, 11) is 0. The molecule has 2 aromatic rings. The summed E-state index contributed by atoms with van der Waals surface area (Å²) in [5.74, 6) is 1.57. The maximum Gasteiger partial charge on any atom is 0.164 e. The highest BCUT2D eigenvalue weighted by Crippen LogP contribution is 2.31. The van der Waals surface area contributed by atoms with Crippen LogP contribution in [0.4, 0.5) is 0 Å². The van der Waals surface area contributed by atoms with Gasteiger partial charge in [-0.25, -0.2) is 0 Å². The Morgan fingerprint density at radius 3 is 2.60 bits per heavy atom. The van der Waals surface area contributed by atoms with E-state index >= 15 is 0 Å². The van der Waals surface area contributed by atoms with Crippen molar-refractivity contribution in [3.8, 4) is 11.5 Å². The topological polar surface area (TPSA) is 38.8 Å². The summed E-state index contributed by atoms with van der Waals surface area (Å²) in [5, 5.41) is 0. The highest BCUT2D eigenvalue weighted by atomic mass is 35.5. The first kappa shape index (κ1) is 17.8. The molecule has 4 rings (SSSR count). The molecule has 0 amide bonds. The van der Waals surface area contributed by atoms with Gasteiger partial charge in [0.1, 0.15) is 13.2 Å². The van der Waals surface area contributed by atoms with Crippen LogP contribution < -0.4 is 21.9 Å². The van der Waals surface area contributed by atoms with Crippen LogP contribution in [0.1, 0.15) is 27.9 Å². The van der Waals surface area contributed by atoms with E-state index in [2.05, 4.69) is 29.2 Å². The number of fused-ring (bicyclic) bond motifs is 2. The normalized spacial score (nSPS) is 15.8. The van der Waals surface area contributed by atoms with Crippen molar-refractivity contribution < 1.29 is 26.7 Å². The molecule has 2 aromatic carbocycles. The zero-order valence-corrected chi connectivity index (χ0v) is 14.8. The van der Waals surface area contributed by atoms with Crippen LogP contribution in [0.15, 0.2) is 42.5 Å². The zero-order valence-electron chi connectivity index (χ0n) is 14.0. The molecule has 0 radical (unpaired) electrons. The number of rotatable bonds is 4. The first-order valence-electron chi connectivity index (χ1n) is 8.51. The van der Waals surface area contributed by atoms with Crippen LogP contribution in [0.5, 0.6) is 11.5 Å². The number of nitrogens with zero attached hydrogens (tertiary/aromatic N) is 1. The van der Waals surface area contributed by atoms with Crippen LogP contribution in [0, 0.1) is 0 Å². The molecule has 4 nitrogen and oxygen atoms in total. The van der Waals surface area contributed by atoms with E-state index < -0.39 is 0 Å². The molecule has 0 spiro atoms. The molecular weight excluding hydrogens is 338 g/mol.